The number of ether oxygens (including phenoxy) is 1. The molecule has 0 saturated heterocycles. The summed E-state index contributed by atoms with van der Waals surface area (Å²) in [5, 5.41) is 9.76. The van der Waals surface area contributed by atoms with Crippen molar-refractivity contribution in [3.05, 3.63) is 29.8 Å². The first-order chi connectivity index (χ1) is 9.20. The summed E-state index contributed by atoms with van der Waals surface area (Å²) in [6.07, 6.45) is 3.10. The van der Waals surface area contributed by atoms with Crippen LogP contribution < -0.4 is 4.90 Å². The number of benzene rings is 1. The zero-order chi connectivity index (χ0) is 13.7. The van der Waals surface area contributed by atoms with Gasteiger partial charge in [0.25, 0.3) is 0 Å². The predicted molar refractivity (Wildman–Crippen MR) is 78.5 cm³/mol. The molecule has 1 fully saturated rings. The number of rotatable bonds is 8. The van der Waals surface area contributed by atoms with Crippen LogP contribution in [0.4, 0.5) is 5.69 Å². The van der Waals surface area contributed by atoms with E-state index in [0.29, 0.717) is 0 Å². The van der Waals surface area contributed by atoms with Crippen LogP contribution in [0.25, 0.3) is 0 Å². The fourth-order valence-electron chi connectivity index (χ4n) is 2.05. The highest BCUT2D eigenvalue weighted by molar-refractivity contribution is 5.47. The molecule has 0 heterocycles. The number of anilines is 1. The number of aliphatic hydroxyl groups is 1. The first-order valence-corrected chi connectivity index (χ1v) is 7.27. The van der Waals surface area contributed by atoms with Crippen LogP contribution in [0.3, 0.4) is 0 Å². The Hall–Kier alpha value is -1.06. The summed E-state index contributed by atoms with van der Waals surface area (Å²) < 4.78 is 5.65. The summed E-state index contributed by atoms with van der Waals surface area (Å²) in [5.74, 6) is 0.833. The fourth-order valence-corrected chi connectivity index (χ4v) is 2.05. The topological polar surface area (TPSA) is 32.7 Å². The molecule has 2 rings (SSSR count). The van der Waals surface area contributed by atoms with Gasteiger partial charge in [0.15, 0.2) is 0 Å². The maximum atomic E-state index is 9.76. The molecule has 3 nitrogen and oxygen atoms in total. The van der Waals surface area contributed by atoms with Gasteiger partial charge in [-0.05, 0) is 42.9 Å². The molecule has 0 unspecified atom stereocenters. The minimum atomic E-state index is -0.346. The lowest BCUT2D eigenvalue weighted by Crippen LogP contribution is -2.22. The Morgan fingerprint density at radius 1 is 1.32 bits per heavy atom. The van der Waals surface area contributed by atoms with E-state index >= 15 is 0 Å². The third kappa shape index (κ3) is 4.51. The van der Waals surface area contributed by atoms with Gasteiger partial charge in [-0.1, -0.05) is 19.1 Å². The van der Waals surface area contributed by atoms with E-state index in [1.54, 1.807) is 0 Å². The maximum Gasteiger partial charge on any atom is 0.0787 e. The van der Waals surface area contributed by atoms with Crippen LogP contribution in [0, 0.1) is 5.92 Å². The summed E-state index contributed by atoms with van der Waals surface area (Å²) >= 11 is 0. The van der Waals surface area contributed by atoms with Crippen molar-refractivity contribution in [3.8, 4) is 0 Å². The Balaban J connectivity index is 1.75. The second-order valence-corrected chi connectivity index (χ2v) is 5.46. The van der Waals surface area contributed by atoms with Gasteiger partial charge in [0.05, 0.1) is 12.7 Å². The van der Waals surface area contributed by atoms with Crippen molar-refractivity contribution in [2.75, 3.05) is 31.7 Å². The van der Waals surface area contributed by atoms with Crippen LogP contribution in [0.2, 0.25) is 0 Å². The van der Waals surface area contributed by atoms with Crippen molar-refractivity contribution in [2.24, 2.45) is 5.92 Å². The van der Waals surface area contributed by atoms with Crippen LogP contribution in [-0.4, -0.2) is 31.9 Å². The summed E-state index contributed by atoms with van der Waals surface area (Å²) in [5.41, 5.74) is 2.16. The molecule has 0 bridgehead atoms. The lowest BCUT2D eigenvalue weighted by molar-refractivity contribution is 0.131. The van der Waals surface area contributed by atoms with Gasteiger partial charge in [-0.3, -0.25) is 0 Å². The molecule has 1 aliphatic carbocycles. The molecule has 3 heteroatoms. The lowest BCUT2D eigenvalue weighted by Gasteiger charge is -2.20. The summed E-state index contributed by atoms with van der Waals surface area (Å²) in [6, 6.07) is 8.14. The third-order valence-electron chi connectivity index (χ3n) is 3.73. The molecular formula is C16H25NO2. The van der Waals surface area contributed by atoms with E-state index in [4.69, 9.17) is 4.74 Å². The lowest BCUT2D eigenvalue weighted by atomic mass is 10.1. The second-order valence-electron chi connectivity index (χ2n) is 5.46. The van der Waals surface area contributed by atoms with Gasteiger partial charge in [0, 0.05) is 25.9 Å². The van der Waals surface area contributed by atoms with Gasteiger partial charge in [0.1, 0.15) is 0 Å². The summed E-state index contributed by atoms with van der Waals surface area (Å²) in [7, 11) is 2.08. The van der Waals surface area contributed by atoms with E-state index in [1.807, 2.05) is 19.1 Å². The smallest absolute Gasteiger partial charge is 0.0787 e. The molecule has 1 aromatic carbocycles. The van der Waals surface area contributed by atoms with Crippen LogP contribution >= 0.6 is 0 Å². The molecule has 19 heavy (non-hydrogen) atoms. The highest BCUT2D eigenvalue weighted by Gasteiger charge is 2.20. The van der Waals surface area contributed by atoms with Crippen molar-refractivity contribution in [3.63, 3.8) is 0 Å². The number of likely N-dealkylation sites (N-methyl/N-ethyl adjacent to an activating group) is 1. The highest BCUT2D eigenvalue weighted by atomic mass is 16.5. The number of hydrogen-bond acceptors (Lipinski definition) is 3. The first-order valence-electron chi connectivity index (χ1n) is 7.27. The van der Waals surface area contributed by atoms with Gasteiger partial charge in [-0.2, -0.15) is 0 Å². The molecule has 1 aromatic rings. The number of aliphatic hydroxyl groups excluding tert-OH is 1. The quantitative estimate of drug-likeness (QED) is 0.732. The van der Waals surface area contributed by atoms with Crippen LogP contribution in [0.5, 0.6) is 0 Å². The van der Waals surface area contributed by atoms with Gasteiger partial charge in [-0.25, -0.2) is 0 Å². The van der Waals surface area contributed by atoms with E-state index in [0.717, 1.165) is 37.7 Å². The molecule has 106 valence electrons. The van der Waals surface area contributed by atoms with Crippen LogP contribution in [-0.2, 0) is 4.74 Å². The Morgan fingerprint density at radius 3 is 2.58 bits per heavy atom. The van der Waals surface area contributed by atoms with Gasteiger partial charge < -0.3 is 14.7 Å². The second kappa shape index (κ2) is 6.92. The van der Waals surface area contributed by atoms with Crippen molar-refractivity contribution < 1.29 is 9.84 Å². The van der Waals surface area contributed by atoms with E-state index < -0.39 is 0 Å². The van der Waals surface area contributed by atoms with E-state index in [2.05, 4.69) is 24.1 Å². The Kier molecular flexibility index (Phi) is 5.23. The molecular weight excluding hydrogens is 238 g/mol. The van der Waals surface area contributed by atoms with Crippen molar-refractivity contribution in [2.45, 2.75) is 32.3 Å². The molecule has 0 amide bonds. The fraction of sp³-hybridized carbons (Fsp3) is 0.625. The Bertz CT molecular complexity index is 373. The molecule has 0 radical (unpaired) electrons. The van der Waals surface area contributed by atoms with Gasteiger partial charge in [0.2, 0.25) is 0 Å². The minimum Gasteiger partial charge on any atom is -0.388 e. The minimum absolute atomic E-state index is 0.346. The average molecular weight is 263 g/mol. The van der Waals surface area contributed by atoms with Crippen LogP contribution in [0.1, 0.15) is 37.9 Å². The number of hydrogen-bond donors (Lipinski definition) is 1. The maximum absolute atomic E-state index is 9.76. The predicted octanol–water partition coefficient (Wildman–Crippen LogP) is 2.99. The molecule has 1 aliphatic rings. The normalized spacial score (nSPS) is 16.4. The molecule has 0 aliphatic heterocycles. The van der Waals surface area contributed by atoms with Gasteiger partial charge >= 0.3 is 0 Å². The largest absolute Gasteiger partial charge is 0.388 e. The average Bonchev–Trinajstić information content (AvgIpc) is 3.27. The zero-order valence-electron chi connectivity index (χ0n) is 12.0. The highest BCUT2D eigenvalue weighted by Crippen LogP contribution is 2.28. The standard InChI is InChI=1S/C16H25NO2/c1-3-16(18)14-6-8-15(9-7-14)17(2)10-11-19-12-13-4-5-13/h6-9,13,16,18H,3-5,10-12H2,1-2H3/t16-/m1/s1. The third-order valence-corrected chi connectivity index (χ3v) is 3.73. The van der Waals surface area contributed by atoms with Gasteiger partial charge in [-0.15, -0.1) is 0 Å². The number of nitrogens with zero attached hydrogens (tertiary/aromatic N) is 1. The zero-order valence-corrected chi connectivity index (χ0v) is 12.0. The van der Waals surface area contributed by atoms with E-state index in [9.17, 15) is 5.11 Å². The summed E-state index contributed by atoms with van der Waals surface area (Å²) in [4.78, 5) is 2.19. The first kappa shape index (κ1) is 14.4. The summed E-state index contributed by atoms with van der Waals surface area (Å²) in [6.45, 7) is 4.60. The molecule has 1 N–H and O–H groups in total. The van der Waals surface area contributed by atoms with Crippen molar-refractivity contribution >= 4 is 5.69 Å². The molecule has 1 atom stereocenters. The van der Waals surface area contributed by atoms with Crippen LogP contribution in [0.15, 0.2) is 24.3 Å². The molecule has 1 saturated carbocycles. The SMILES string of the molecule is CC[C@@H](O)c1ccc(N(C)CCOCC2CC2)cc1. The Morgan fingerprint density at radius 2 is 2.00 bits per heavy atom. The van der Waals surface area contributed by atoms with Crippen molar-refractivity contribution in [1.29, 1.82) is 0 Å². The van der Waals surface area contributed by atoms with Crippen molar-refractivity contribution in [1.82, 2.24) is 0 Å². The van der Waals surface area contributed by atoms with E-state index in [-0.39, 0.29) is 6.10 Å². The molecule has 0 aromatic heterocycles. The molecule has 0 spiro atoms. The Labute approximate surface area is 116 Å². The monoisotopic (exact) mass is 263 g/mol. The van der Waals surface area contributed by atoms with E-state index in [1.165, 1.54) is 18.5 Å².